The SMILES string of the molecule is COC(=O)NC(Nc1ccccn1)(Nc1cccc2ccccc12)C(Nc1ccccc1)(N(C)SN(Nc1ccccc1)C(=O)Oc1ccccc1OC)N(c1ccccc1)c1ccccc1. The van der Waals surface area contributed by atoms with Gasteiger partial charge in [-0.25, -0.2) is 14.6 Å². The molecule has 0 radical (unpaired) electrons. The standard InChI is InChI=1S/C52H49N9O5S/c1-59(67-61(58-41-27-10-5-11-28-41)50(63)66-47-36-19-18-35-46(47)64-2)52(54-40-25-8-4-9-26-40,60(42-29-12-6-13-30-42)43-31-14-7-15-32-43)51(57-49(62)65-3,56-48-37-20-21-38-53-48)55-45-34-22-24-39-23-16-17-33-44(39)45/h4-38,54-55,58H,1-3H3,(H,53,56)(H,57,62). The van der Waals surface area contributed by atoms with Crippen LogP contribution in [-0.2, 0) is 4.74 Å². The second-order valence-corrected chi connectivity index (χ2v) is 16.0. The fourth-order valence-electron chi connectivity index (χ4n) is 7.65. The molecule has 67 heavy (non-hydrogen) atoms. The van der Waals surface area contributed by atoms with Crippen LogP contribution >= 0.6 is 12.1 Å². The molecular formula is C52H49N9O5S. The number of alkyl carbamates (subject to hydrolysis) is 1. The first kappa shape index (κ1) is 45.2. The number of likely N-dealkylation sites (N-methyl/N-ethyl adjacent to an activating group) is 1. The molecule has 1 aromatic heterocycles. The number of pyridine rings is 1. The molecule has 0 aliphatic carbocycles. The topological polar surface area (TPSA) is 145 Å². The predicted octanol–water partition coefficient (Wildman–Crippen LogP) is 11.4. The molecule has 5 N–H and O–H groups in total. The number of para-hydroxylation sites is 6. The predicted molar refractivity (Wildman–Crippen MR) is 268 cm³/mol. The van der Waals surface area contributed by atoms with Crippen LogP contribution in [0.3, 0.4) is 0 Å². The van der Waals surface area contributed by atoms with Crippen molar-refractivity contribution in [1.29, 1.82) is 0 Å². The van der Waals surface area contributed by atoms with Crippen molar-refractivity contribution in [2.75, 3.05) is 47.5 Å². The highest BCUT2D eigenvalue weighted by Gasteiger charge is 2.63. The van der Waals surface area contributed by atoms with Gasteiger partial charge in [0, 0.05) is 41.4 Å². The van der Waals surface area contributed by atoms with Crippen LogP contribution in [0.5, 0.6) is 11.5 Å². The molecule has 0 spiro atoms. The van der Waals surface area contributed by atoms with E-state index >= 15 is 0 Å². The average molecular weight is 912 g/mol. The molecule has 2 amide bonds. The van der Waals surface area contributed by atoms with E-state index in [-0.39, 0.29) is 5.75 Å². The van der Waals surface area contributed by atoms with E-state index in [1.807, 2.05) is 179 Å². The minimum absolute atomic E-state index is 0.193. The number of nitrogens with one attached hydrogen (secondary N) is 5. The monoisotopic (exact) mass is 911 g/mol. The van der Waals surface area contributed by atoms with E-state index < -0.39 is 23.8 Å². The number of hydrogen-bond donors (Lipinski definition) is 5. The highest BCUT2D eigenvalue weighted by atomic mass is 32.2. The third kappa shape index (κ3) is 10.1. The zero-order chi connectivity index (χ0) is 46.5. The summed E-state index contributed by atoms with van der Waals surface area (Å²) >= 11 is 0.954. The van der Waals surface area contributed by atoms with Crippen molar-refractivity contribution in [3.63, 3.8) is 0 Å². The Morgan fingerprint density at radius 3 is 1.78 bits per heavy atom. The summed E-state index contributed by atoms with van der Waals surface area (Å²) in [4.78, 5) is 36.2. The minimum atomic E-state index is -2.01. The molecule has 0 fully saturated rings. The van der Waals surface area contributed by atoms with Crippen molar-refractivity contribution in [2.24, 2.45) is 0 Å². The van der Waals surface area contributed by atoms with Crippen molar-refractivity contribution in [3.05, 3.63) is 212 Å². The molecule has 2 atom stereocenters. The van der Waals surface area contributed by atoms with E-state index in [1.165, 1.54) is 18.6 Å². The van der Waals surface area contributed by atoms with Crippen LogP contribution in [0.2, 0.25) is 0 Å². The van der Waals surface area contributed by atoms with E-state index in [1.54, 1.807) is 49.6 Å². The minimum Gasteiger partial charge on any atom is -0.493 e. The lowest BCUT2D eigenvalue weighted by Crippen LogP contribution is -2.84. The molecule has 0 saturated heterocycles. The third-order valence-electron chi connectivity index (χ3n) is 10.6. The Balaban J connectivity index is 1.46. The lowest BCUT2D eigenvalue weighted by molar-refractivity contribution is 0.117. The van der Waals surface area contributed by atoms with Crippen LogP contribution in [0.25, 0.3) is 10.8 Å². The number of benzene rings is 7. The summed E-state index contributed by atoms with van der Waals surface area (Å²) in [6.45, 7) is 0. The third-order valence-corrected chi connectivity index (χ3v) is 11.5. The van der Waals surface area contributed by atoms with E-state index in [9.17, 15) is 9.59 Å². The first-order valence-corrected chi connectivity index (χ1v) is 22.0. The van der Waals surface area contributed by atoms with Gasteiger partial charge in [0.15, 0.2) is 11.5 Å². The van der Waals surface area contributed by atoms with Gasteiger partial charge in [0.25, 0.3) is 5.79 Å². The number of nitrogens with zero attached hydrogens (tertiary/aromatic N) is 4. The van der Waals surface area contributed by atoms with E-state index in [0.29, 0.717) is 40.0 Å². The molecule has 0 aliphatic rings. The number of anilines is 6. The molecule has 8 rings (SSSR count). The van der Waals surface area contributed by atoms with Gasteiger partial charge >= 0.3 is 12.2 Å². The maximum absolute atomic E-state index is 14.9. The number of rotatable bonds is 18. The van der Waals surface area contributed by atoms with Gasteiger partial charge in [0.2, 0.25) is 5.79 Å². The average Bonchev–Trinajstić information content (AvgIpc) is 3.37. The van der Waals surface area contributed by atoms with Gasteiger partial charge in [0.05, 0.1) is 32.0 Å². The number of ether oxygens (including phenoxy) is 3. The molecule has 0 bridgehead atoms. The summed E-state index contributed by atoms with van der Waals surface area (Å²) < 4.78 is 20.3. The lowest BCUT2D eigenvalue weighted by Gasteiger charge is -2.59. The summed E-state index contributed by atoms with van der Waals surface area (Å²) in [5.41, 5.74) is 6.42. The second-order valence-electron chi connectivity index (χ2n) is 14.9. The van der Waals surface area contributed by atoms with Gasteiger partial charge in [-0.2, -0.15) is 4.31 Å². The summed E-state index contributed by atoms with van der Waals surface area (Å²) in [5, 5.41) is 16.4. The first-order valence-electron chi connectivity index (χ1n) is 21.3. The normalized spacial score (nSPS) is 12.7. The summed E-state index contributed by atoms with van der Waals surface area (Å²) in [7, 11) is 4.61. The van der Waals surface area contributed by atoms with Crippen LogP contribution in [0.4, 0.5) is 43.8 Å². The number of hydrogen-bond acceptors (Lipinski definition) is 13. The van der Waals surface area contributed by atoms with Crippen molar-refractivity contribution in [2.45, 2.75) is 11.6 Å². The summed E-state index contributed by atoms with van der Waals surface area (Å²) in [5.74, 6) is -3.00. The van der Waals surface area contributed by atoms with Crippen molar-refractivity contribution in [3.8, 4) is 11.5 Å². The Kier molecular flexibility index (Phi) is 14.2. The van der Waals surface area contributed by atoms with Gasteiger partial charge in [0.1, 0.15) is 5.82 Å². The summed E-state index contributed by atoms with van der Waals surface area (Å²) in [6.07, 6.45) is 0.0279. The summed E-state index contributed by atoms with van der Waals surface area (Å²) in [6, 6.07) is 64.4. The highest BCUT2D eigenvalue weighted by molar-refractivity contribution is 7.95. The van der Waals surface area contributed by atoms with Crippen molar-refractivity contribution in [1.82, 2.24) is 19.0 Å². The smallest absolute Gasteiger partial charge is 0.446 e. The maximum Gasteiger partial charge on any atom is 0.446 e. The number of carbonyl (C=O) groups is 2. The van der Waals surface area contributed by atoms with Crippen LogP contribution in [-0.4, -0.2) is 58.7 Å². The lowest BCUT2D eigenvalue weighted by atomic mass is 10.0. The number of carbonyl (C=O) groups excluding carboxylic acids is 2. The van der Waals surface area contributed by atoms with Gasteiger partial charge in [-0.05, 0) is 84.2 Å². The molecule has 1 heterocycles. The molecule has 8 aromatic rings. The molecule has 15 heteroatoms. The Bertz CT molecular complexity index is 2810. The Hall–Kier alpha value is -8.40. The molecule has 338 valence electrons. The molecule has 7 aromatic carbocycles. The van der Waals surface area contributed by atoms with Gasteiger partial charge in [-0.1, -0.05) is 127 Å². The molecule has 2 unspecified atom stereocenters. The Morgan fingerprint density at radius 1 is 0.582 bits per heavy atom. The van der Waals surface area contributed by atoms with Crippen LogP contribution in [0.1, 0.15) is 0 Å². The van der Waals surface area contributed by atoms with Gasteiger partial charge in [-0.3, -0.25) is 15.6 Å². The quantitative estimate of drug-likeness (QED) is 0.0317. The highest BCUT2D eigenvalue weighted by Crippen LogP contribution is 2.46. The Labute approximate surface area is 393 Å². The van der Waals surface area contributed by atoms with Gasteiger partial charge < -0.3 is 30.2 Å². The number of fused-ring (bicyclic) bond motifs is 1. The zero-order valence-electron chi connectivity index (χ0n) is 36.9. The number of aromatic nitrogens is 1. The van der Waals surface area contributed by atoms with E-state index in [2.05, 4.69) is 26.7 Å². The maximum atomic E-state index is 14.9. The number of amides is 2. The Morgan fingerprint density at radius 2 is 1.15 bits per heavy atom. The fourth-order valence-corrected chi connectivity index (χ4v) is 8.52. The van der Waals surface area contributed by atoms with Crippen molar-refractivity contribution < 1.29 is 23.8 Å². The molecular weight excluding hydrogens is 863 g/mol. The first-order chi connectivity index (χ1) is 32.8. The fraction of sp³-hybridized carbons (Fsp3) is 0.0962. The molecule has 0 aliphatic heterocycles. The van der Waals surface area contributed by atoms with E-state index in [0.717, 1.165) is 22.9 Å². The van der Waals surface area contributed by atoms with Crippen LogP contribution < -0.4 is 41.1 Å². The molecule has 0 saturated carbocycles. The largest absolute Gasteiger partial charge is 0.493 e. The second kappa shape index (κ2) is 21.1. The number of hydrazine groups is 1. The van der Waals surface area contributed by atoms with Crippen LogP contribution in [0, 0.1) is 0 Å². The van der Waals surface area contributed by atoms with Crippen LogP contribution in [0.15, 0.2) is 212 Å². The van der Waals surface area contributed by atoms with Gasteiger partial charge in [-0.15, -0.1) is 4.41 Å². The van der Waals surface area contributed by atoms with Crippen molar-refractivity contribution >= 4 is 69.3 Å². The number of methoxy groups -OCH3 is 2. The molecule has 14 nitrogen and oxygen atoms in total. The zero-order valence-corrected chi connectivity index (χ0v) is 37.8. The van der Waals surface area contributed by atoms with E-state index in [4.69, 9.17) is 19.2 Å².